The van der Waals surface area contributed by atoms with Gasteiger partial charge in [0.2, 0.25) is 0 Å². The fraction of sp³-hybridized carbons (Fsp3) is 0.276. The van der Waals surface area contributed by atoms with Crippen LogP contribution >= 0.6 is 23.2 Å². The minimum Gasteiger partial charge on any atom is -0.772 e. The van der Waals surface area contributed by atoms with Crippen LogP contribution < -0.4 is 5.32 Å². The normalized spacial score (nSPS) is 15.3. The molecular formula is C29H30Cl2N3O3S-. The molecule has 3 aromatic carbocycles. The van der Waals surface area contributed by atoms with Crippen molar-refractivity contribution in [2.45, 2.75) is 11.3 Å². The van der Waals surface area contributed by atoms with Crippen molar-refractivity contribution >= 4 is 40.2 Å². The van der Waals surface area contributed by atoms with Crippen molar-refractivity contribution < 1.29 is 13.6 Å². The molecule has 0 bridgehead atoms. The Morgan fingerprint density at radius 2 is 1.58 bits per heavy atom. The lowest BCUT2D eigenvalue weighted by atomic mass is 9.92. The second kappa shape index (κ2) is 13.0. The lowest BCUT2D eigenvalue weighted by Gasteiger charge is -2.41. The van der Waals surface area contributed by atoms with Crippen molar-refractivity contribution in [3.8, 4) is 0 Å². The summed E-state index contributed by atoms with van der Waals surface area (Å²) >= 11 is 9.86. The van der Waals surface area contributed by atoms with Crippen LogP contribution in [0.4, 0.5) is 0 Å². The van der Waals surface area contributed by atoms with E-state index in [2.05, 4.69) is 10.2 Å². The molecule has 2 atom stereocenters. The summed E-state index contributed by atoms with van der Waals surface area (Å²) in [6.07, 6.45) is 1.80. The predicted molar refractivity (Wildman–Crippen MR) is 153 cm³/mol. The van der Waals surface area contributed by atoms with Crippen molar-refractivity contribution in [1.29, 1.82) is 0 Å². The van der Waals surface area contributed by atoms with E-state index in [1.165, 1.54) is 0 Å². The summed E-state index contributed by atoms with van der Waals surface area (Å²) in [5.74, 6) is -0.222. The van der Waals surface area contributed by atoms with Gasteiger partial charge in [-0.2, -0.15) is 0 Å². The van der Waals surface area contributed by atoms with E-state index in [1.807, 2.05) is 67.5 Å². The lowest BCUT2D eigenvalue weighted by Crippen LogP contribution is -2.43. The van der Waals surface area contributed by atoms with Crippen molar-refractivity contribution in [3.05, 3.63) is 117 Å². The van der Waals surface area contributed by atoms with Crippen LogP contribution in [0.5, 0.6) is 0 Å². The first-order chi connectivity index (χ1) is 18.2. The molecule has 38 heavy (non-hydrogen) atoms. The standard InChI is InChI=1S/C29H31Cl2N3O3S/c1-33(2)15-14-32-29(35)24-5-3-4-23(17-24)27(38(36)37)16-20-18-34(19-20)28(21-6-10-25(30)11-7-21)22-8-12-26(31)13-9-22/h3-13,16-17,27-28H,14-15,18-19H2,1-2H3,(H,32,35)(H,36,37)/p-1. The van der Waals surface area contributed by atoms with E-state index >= 15 is 0 Å². The molecule has 1 amide bonds. The van der Waals surface area contributed by atoms with Gasteiger partial charge in [-0.15, -0.1) is 0 Å². The first-order valence-corrected chi connectivity index (χ1v) is 14.2. The van der Waals surface area contributed by atoms with E-state index in [0.29, 0.717) is 47.4 Å². The van der Waals surface area contributed by atoms with Crippen molar-refractivity contribution in [1.82, 2.24) is 15.1 Å². The first-order valence-electron chi connectivity index (χ1n) is 12.3. The molecule has 9 heteroatoms. The summed E-state index contributed by atoms with van der Waals surface area (Å²) in [6.45, 7) is 2.46. The third-order valence-electron chi connectivity index (χ3n) is 6.47. The molecule has 0 spiro atoms. The fourth-order valence-corrected chi connectivity index (χ4v) is 5.42. The van der Waals surface area contributed by atoms with Crippen LogP contribution in [0.15, 0.2) is 84.4 Å². The smallest absolute Gasteiger partial charge is 0.251 e. The number of benzene rings is 3. The van der Waals surface area contributed by atoms with Crippen LogP contribution in [-0.4, -0.2) is 64.7 Å². The third-order valence-corrected chi connectivity index (χ3v) is 7.79. The van der Waals surface area contributed by atoms with Crippen LogP contribution in [0.25, 0.3) is 0 Å². The van der Waals surface area contributed by atoms with Gasteiger partial charge in [-0.05, 0) is 83.8 Å². The number of nitrogens with one attached hydrogen (secondary N) is 1. The second-order valence-corrected chi connectivity index (χ2v) is 11.5. The fourth-order valence-electron chi connectivity index (χ4n) is 4.50. The summed E-state index contributed by atoms with van der Waals surface area (Å²) in [5, 5.41) is 3.37. The van der Waals surface area contributed by atoms with Gasteiger partial charge in [0.25, 0.3) is 5.91 Å². The molecule has 1 aliphatic rings. The summed E-state index contributed by atoms with van der Waals surface area (Å²) in [7, 11) is 3.87. The molecule has 1 aliphatic heterocycles. The van der Waals surface area contributed by atoms with E-state index in [4.69, 9.17) is 23.2 Å². The number of hydrogen-bond acceptors (Lipinski definition) is 5. The molecule has 4 rings (SSSR count). The van der Waals surface area contributed by atoms with Crippen LogP contribution in [0.3, 0.4) is 0 Å². The van der Waals surface area contributed by atoms with Gasteiger partial charge in [-0.3, -0.25) is 13.9 Å². The molecule has 1 fully saturated rings. The quantitative estimate of drug-likeness (QED) is 0.266. The minimum absolute atomic E-state index is 0.0212. The molecule has 2 unspecified atom stereocenters. The average molecular weight is 572 g/mol. The summed E-state index contributed by atoms with van der Waals surface area (Å²) in [6, 6.07) is 22.3. The molecular weight excluding hydrogens is 541 g/mol. The zero-order valence-electron chi connectivity index (χ0n) is 21.3. The number of likely N-dealkylation sites (tertiary alicyclic amines) is 1. The molecule has 3 aromatic rings. The Balaban J connectivity index is 1.51. The highest BCUT2D eigenvalue weighted by molar-refractivity contribution is 7.79. The van der Waals surface area contributed by atoms with E-state index in [9.17, 15) is 13.6 Å². The average Bonchev–Trinajstić information content (AvgIpc) is 2.86. The van der Waals surface area contributed by atoms with E-state index in [-0.39, 0.29) is 11.9 Å². The maximum atomic E-state index is 12.6. The second-order valence-electron chi connectivity index (χ2n) is 9.60. The molecule has 1 N–H and O–H groups in total. The van der Waals surface area contributed by atoms with E-state index < -0.39 is 16.3 Å². The highest BCUT2D eigenvalue weighted by Gasteiger charge is 2.31. The van der Waals surface area contributed by atoms with Crippen LogP contribution in [0, 0.1) is 0 Å². The number of carbonyl (C=O) groups is 1. The van der Waals surface area contributed by atoms with Gasteiger partial charge in [0.1, 0.15) is 0 Å². The monoisotopic (exact) mass is 570 g/mol. The van der Waals surface area contributed by atoms with Crippen molar-refractivity contribution in [2.75, 3.05) is 40.3 Å². The number of nitrogens with zero attached hydrogens (tertiary/aromatic N) is 2. The minimum atomic E-state index is -2.39. The zero-order chi connectivity index (χ0) is 27.2. The Hall–Kier alpha value is -2.52. The summed E-state index contributed by atoms with van der Waals surface area (Å²) < 4.78 is 24.5. The van der Waals surface area contributed by atoms with Gasteiger partial charge in [0, 0.05) is 41.8 Å². The highest BCUT2D eigenvalue weighted by atomic mass is 35.5. The topological polar surface area (TPSA) is 75.7 Å². The van der Waals surface area contributed by atoms with E-state index in [0.717, 1.165) is 16.7 Å². The third kappa shape index (κ3) is 7.32. The van der Waals surface area contributed by atoms with Gasteiger partial charge < -0.3 is 14.8 Å². The molecule has 1 heterocycles. The number of hydrogen-bond donors (Lipinski definition) is 1. The van der Waals surface area contributed by atoms with Crippen LogP contribution in [-0.2, 0) is 11.1 Å². The van der Waals surface area contributed by atoms with Gasteiger partial charge in [-0.25, -0.2) is 0 Å². The SMILES string of the molecule is CN(C)CCNC(=O)c1cccc(C(C=C2CN(C(c3ccc(Cl)cc3)c3ccc(Cl)cc3)C2)S(=O)[O-])c1. The number of rotatable bonds is 10. The molecule has 0 radical (unpaired) electrons. The molecule has 0 saturated carbocycles. The zero-order valence-corrected chi connectivity index (χ0v) is 23.6. The van der Waals surface area contributed by atoms with Crippen LogP contribution in [0.1, 0.15) is 38.3 Å². The predicted octanol–water partition coefficient (Wildman–Crippen LogP) is 5.24. The maximum Gasteiger partial charge on any atom is 0.251 e. The Morgan fingerprint density at radius 3 is 2.11 bits per heavy atom. The highest BCUT2D eigenvalue weighted by Crippen LogP contribution is 2.36. The van der Waals surface area contributed by atoms with Gasteiger partial charge >= 0.3 is 0 Å². The number of halogens is 2. The first kappa shape index (κ1) is 28.5. The molecule has 6 nitrogen and oxygen atoms in total. The van der Waals surface area contributed by atoms with Gasteiger partial charge in [-0.1, -0.05) is 65.7 Å². The number of carbonyl (C=O) groups excluding carboxylic acids is 1. The Labute approximate surface area is 236 Å². The van der Waals surface area contributed by atoms with Crippen molar-refractivity contribution in [2.24, 2.45) is 0 Å². The largest absolute Gasteiger partial charge is 0.772 e. The van der Waals surface area contributed by atoms with Crippen LogP contribution in [0.2, 0.25) is 10.0 Å². The number of likely N-dealkylation sites (N-methyl/N-ethyl adjacent to an activating group) is 1. The Bertz CT molecular complexity index is 1260. The Kier molecular flexibility index (Phi) is 9.76. The van der Waals surface area contributed by atoms with E-state index in [1.54, 1.807) is 30.3 Å². The summed E-state index contributed by atoms with van der Waals surface area (Å²) in [5.41, 5.74) is 4.21. The number of amides is 1. The molecule has 200 valence electrons. The molecule has 0 aliphatic carbocycles. The maximum absolute atomic E-state index is 12.6. The Morgan fingerprint density at radius 1 is 1.00 bits per heavy atom. The molecule has 1 saturated heterocycles. The lowest BCUT2D eigenvalue weighted by molar-refractivity contribution is 0.0951. The summed E-state index contributed by atoms with van der Waals surface area (Å²) in [4.78, 5) is 16.8. The molecule has 0 aromatic heterocycles. The van der Waals surface area contributed by atoms with Gasteiger partial charge in [0.05, 0.1) is 11.3 Å². The van der Waals surface area contributed by atoms with Gasteiger partial charge in [0.15, 0.2) is 0 Å². The van der Waals surface area contributed by atoms with Crippen molar-refractivity contribution in [3.63, 3.8) is 0 Å².